The Morgan fingerprint density at radius 1 is 1.29 bits per heavy atom. The van der Waals surface area contributed by atoms with Gasteiger partial charge in [-0.1, -0.05) is 41.7 Å². The number of thiazole rings is 1. The Morgan fingerprint density at radius 3 is 3.00 bits per heavy atom. The van der Waals surface area contributed by atoms with E-state index < -0.39 is 0 Å². The van der Waals surface area contributed by atoms with Gasteiger partial charge >= 0.3 is 5.97 Å². The molecule has 0 fully saturated rings. The number of nitrogens with zero attached hydrogens (tertiary/aromatic N) is 2. The summed E-state index contributed by atoms with van der Waals surface area (Å²) in [5, 5.41) is 2.42. The van der Waals surface area contributed by atoms with Gasteiger partial charge in [0.25, 0.3) is 0 Å². The van der Waals surface area contributed by atoms with E-state index in [4.69, 9.17) is 4.74 Å². The van der Waals surface area contributed by atoms with Gasteiger partial charge in [0.2, 0.25) is 0 Å². The summed E-state index contributed by atoms with van der Waals surface area (Å²) < 4.78 is 8.14. The van der Waals surface area contributed by atoms with Crippen molar-refractivity contribution in [3.05, 3.63) is 48.3 Å². The number of ether oxygens (including phenoxy) is 1. The van der Waals surface area contributed by atoms with Crippen molar-refractivity contribution in [2.75, 3.05) is 6.61 Å². The normalized spacial score (nSPS) is 11.5. The number of esters is 1. The highest BCUT2D eigenvalue weighted by molar-refractivity contribution is 7.24. The highest BCUT2D eigenvalue weighted by Crippen LogP contribution is 2.32. The first-order chi connectivity index (χ1) is 10.3. The molecule has 104 valence electrons. The van der Waals surface area contributed by atoms with Gasteiger partial charge in [-0.2, -0.15) is 0 Å². The van der Waals surface area contributed by atoms with Crippen LogP contribution in [0.3, 0.4) is 0 Å². The van der Waals surface area contributed by atoms with Crippen LogP contribution in [0.5, 0.6) is 0 Å². The molecule has 0 atom stereocenters. The minimum Gasteiger partial charge on any atom is -0.461 e. The van der Waals surface area contributed by atoms with Crippen LogP contribution in [0.1, 0.15) is 17.4 Å². The Labute approximate surface area is 124 Å². The Hall–Kier alpha value is -2.40. The fourth-order valence-electron chi connectivity index (χ4n) is 2.53. The standard InChI is InChI=1S/C16H12N2O2S/c1-2-20-15(19)12-9-18-13-8-7-10-5-3-4-6-11(10)14(13)21-16(18)17-12/h3-9H,2H2,1H3. The minimum absolute atomic E-state index is 0.357. The average Bonchev–Trinajstić information content (AvgIpc) is 3.05. The molecule has 0 aliphatic heterocycles. The molecule has 5 heteroatoms. The molecule has 0 unspecified atom stereocenters. The lowest BCUT2D eigenvalue weighted by molar-refractivity contribution is 0.0520. The lowest BCUT2D eigenvalue weighted by Gasteiger charge is -1.99. The number of hydrogen-bond donors (Lipinski definition) is 0. The number of benzene rings is 2. The minimum atomic E-state index is -0.373. The van der Waals surface area contributed by atoms with Crippen molar-refractivity contribution in [1.29, 1.82) is 0 Å². The van der Waals surface area contributed by atoms with Crippen molar-refractivity contribution in [2.24, 2.45) is 0 Å². The second-order valence-corrected chi connectivity index (χ2v) is 5.71. The fourth-order valence-corrected chi connectivity index (χ4v) is 3.67. The van der Waals surface area contributed by atoms with Gasteiger partial charge in [0, 0.05) is 11.6 Å². The van der Waals surface area contributed by atoms with E-state index in [0.29, 0.717) is 12.3 Å². The number of imidazole rings is 1. The summed E-state index contributed by atoms with van der Waals surface area (Å²) in [5.41, 5.74) is 1.43. The molecule has 0 saturated heterocycles. The topological polar surface area (TPSA) is 43.6 Å². The molecular weight excluding hydrogens is 284 g/mol. The van der Waals surface area contributed by atoms with Crippen molar-refractivity contribution in [1.82, 2.24) is 9.38 Å². The summed E-state index contributed by atoms with van der Waals surface area (Å²) in [6.45, 7) is 2.15. The van der Waals surface area contributed by atoms with Gasteiger partial charge in [-0.15, -0.1) is 0 Å². The second kappa shape index (κ2) is 4.56. The van der Waals surface area contributed by atoms with Crippen molar-refractivity contribution >= 4 is 43.3 Å². The van der Waals surface area contributed by atoms with Gasteiger partial charge < -0.3 is 4.74 Å². The number of hydrogen-bond acceptors (Lipinski definition) is 4. The Morgan fingerprint density at radius 2 is 2.14 bits per heavy atom. The van der Waals surface area contributed by atoms with E-state index in [2.05, 4.69) is 29.2 Å². The second-order valence-electron chi connectivity index (χ2n) is 4.74. The van der Waals surface area contributed by atoms with Crippen LogP contribution in [-0.2, 0) is 4.74 Å². The van der Waals surface area contributed by atoms with Crippen molar-refractivity contribution < 1.29 is 9.53 Å². The molecule has 0 radical (unpaired) electrons. The van der Waals surface area contributed by atoms with E-state index in [1.165, 1.54) is 15.5 Å². The summed E-state index contributed by atoms with van der Waals surface area (Å²) in [7, 11) is 0. The molecule has 4 rings (SSSR count). The van der Waals surface area contributed by atoms with Gasteiger partial charge in [0.05, 0.1) is 16.8 Å². The quantitative estimate of drug-likeness (QED) is 0.527. The number of carbonyl (C=O) groups is 1. The van der Waals surface area contributed by atoms with E-state index in [1.807, 2.05) is 16.5 Å². The zero-order valence-electron chi connectivity index (χ0n) is 11.4. The van der Waals surface area contributed by atoms with Gasteiger partial charge in [0.15, 0.2) is 10.7 Å². The highest BCUT2D eigenvalue weighted by Gasteiger charge is 2.15. The summed E-state index contributed by atoms with van der Waals surface area (Å²) >= 11 is 1.59. The molecule has 0 saturated carbocycles. The van der Waals surface area contributed by atoms with E-state index in [0.717, 1.165) is 10.5 Å². The van der Waals surface area contributed by atoms with Crippen molar-refractivity contribution in [3.8, 4) is 0 Å². The maximum absolute atomic E-state index is 11.8. The van der Waals surface area contributed by atoms with Crippen LogP contribution in [0.2, 0.25) is 0 Å². The third kappa shape index (κ3) is 1.81. The number of fused-ring (bicyclic) bond motifs is 5. The summed E-state index contributed by atoms with van der Waals surface area (Å²) in [6, 6.07) is 12.4. The van der Waals surface area contributed by atoms with Gasteiger partial charge in [-0.3, -0.25) is 4.40 Å². The molecule has 4 aromatic rings. The molecule has 2 heterocycles. The SMILES string of the molecule is CCOC(=O)c1cn2c(n1)sc1c3ccccc3ccc12. The fraction of sp³-hybridized carbons (Fsp3) is 0.125. The van der Waals surface area contributed by atoms with Crippen molar-refractivity contribution in [2.45, 2.75) is 6.92 Å². The summed E-state index contributed by atoms with van der Waals surface area (Å²) in [5.74, 6) is -0.373. The molecule has 0 amide bonds. The first-order valence-electron chi connectivity index (χ1n) is 6.74. The molecule has 0 aliphatic rings. The van der Waals surface area contributed by atoms with Gasteiger partial charge in [-0.25, -0.2) is 9.78 Å². The first-order valence-corrected chi connectivity index (χ1v) is 7.56. The lowest BCUT2D eigenvalue weighted by Crippen LogP contribution is -2.04. The van der Waals surface area contributed by atoms with Crippen LogP contribution in [-0.4, -0.2) is 22.0 Å². The largest absolute Gasteiger partial charge is 0.461 e. The van der Waals surface area contributed by atoms with Crippen LogP contribution >= 0.6 is 11.3 Å². The van der Waals surface area contributed by atoms with Crippen LogP contribution in [0, 0.1) is 0 Å². The van der Waals surface area contributed by atoms with Crippen LogP contribution in [0.4, 0.5) is 0 Å². The van der Waals surface area contributed by atoms with E-state index >= 15 is 0 Å². The Kier molecular flexibility index (Phi) is 2.68. The van der Waals surface area contributed by atoms with E-state index in [-0.39, 0.29) is 5.97 Å². The molecule has 0 aliphatic carbocycles. The lowest BCUT2D eigenvalue weighted by atomic mass is 10.1. The number of aromatic nitrogens is 2. The van der Waals surface area contributed by atoms with Crippen LogP contribution < -0.4 is 0 Å². The maximum Gasteiger partial charge on any atom is 0.358 e. The Balaban J connectivity index is 1.98. The molecular formula is C16H12N2O2S. The van der Waals surface area contributed by atoms with Gasteiger partial charge in [0.1, 0.15) is 0 Å². The average molecular weight is 296 g/mol. The predicted molar refractivity (Wildman–Crippen MR) is 84.0 cm³/mol. The third-order valence-electron chi connectivity index (χ3n) is 3.47. The molecule has 0 bridgehead atoms. The monoisotopic (exact) mass is 296 g/mol. The zero-order valence-corrected chi connectivity index (χ0v) is 12.2. The van der Waals surface area contributed by atoms with E-state index in [1.54, 1.807) is 24.5 Å². The molecule has 2 aromatic carbocycles. The molecule has 21 heavy (non-hydrogen) atoms. The molecule has 4 nitrogen and oxygen atoms in total. The number of carbonyl (C=O) groups excluding carboxylic acids is 1. The Bertz CT molecular complexity index is 984. The highest BCUT2D eigenvalue weighted by atomic mass is 32.1. The first kappa shape index (κ1) is 12.3. The number of rotatable bonds is 2. The summed E-state index contributed by atoms with van der Waals surface area (Å²) in [4.78, 5) is 17.0. The molecule has 2 aromatic heterocycles. The predicted octanol–water partition coefficient (Wildman–Crippen LogP) is 3.88. The zero-order chi connectivity index (χ0) is 14.4. The van der Waals surface area contributed by atoms with Crippen LogP contribution in [0.25, 0.3) is 25.9 Å². The smallest absolute Gasteiger partial charge is 0.358 e. The van der Waals surface area contributed by atoms with E-state index in [9.17, 15) is 4.79 Å². The van der Waals surface area contributed by atoms with Gasteiger partial charge in [-0.05, 0) is 18.4 Å². The molecule has 0 N–H and O–H groups in total. The summed E-state index contributed by atoms with van der Waals surface area (Å²) in [6.07, 6.45) is 1.75. The third-order valence-corrected chi connectivity index (χ3v) is 4.57. The maximum atomic E-state index is 11.8. The molecule has 0 spiro atoms. The van der Waals surface area contributed by atoms with Crippen molar-refractivity contribution in [3.63, 3.8) is 0 Å². The van der Waals surface area contributed by atoms with Crippen LogP contribution in [0.15, 0.2) is 42.6 Å².